The highest BCUT2D eigenvalue weighted by atomic mass is 32.1. The summed E-state index contributed by atoms with van der Waals surface area (Å²) >= 11 is 1.58. The van der Waals surface area contributed by atoms with Crippen molar-refractivity contribution in [2.24, 2.45) is 5.73 Å². The largest absolute Gasteiger partial charge is 0.375 e. The third kappa shape index (κ3) is 3.37. The maximum Gasteiger partial charge on any atom is 0.237 e. The number of nitrogens with two attached hydrogens (primary N) is 1. The number of methoxy groups -OCH3 is 1. The molecule has 1 aromatic heterocycles. The number of aromatic nitrogens is 1. The van der Waals surface area contributed by atoms with Crippen molar-refractivity contribution >= 4 is 17.2 Å². The Labute approximate surface area is 123 Å². The molecule has 1 atom stereocenters. The first-order valence-corrected chi connectivity index (χ1v) is 7.97. The summed E-state index contributed by atoms with van der Waals surface area (Å²) in [5.74, 6) is -0.238. The molecule has 0 radical (unpaired) electrons. The number of nitrogens with one attached hydrogen (secondary N) is 1. The molecule has 112 valence electrons. The summed E-state index contributed by atoms with van der Waals surface area (Å²) in [6.07, 6.45) is 4.95. The van der Waals surface area contributed by atoms with E-state index in [0.717, 1.165) is 36.4 Å². The lowest BCUT2D eigenvalue weighted by atomic mass is 9.81. The quantitative estimate of drug-likeness (QED) is 0.843. The summed E-state index contributed by atoms with van der Waals surface area (Å²) in [7, 11) is 1.67. The normalized spacial score (nSPS) is 19.7. The van der Waals surface area contributed by atoms with Crippen LogP contribution < -0.4 is 11.1 Å². The minimum Gasteiger partial charge on any atom is -0.375 e. The topological polar surface area (TPSA) is 77.2 Å². The molecule has 0 unspecified atom stereocenters. The summed E-state index contributed by atoms with van der Waals surface area (Å²) in [6.45, 7) is 2.55. The third-order valence-electron chi connectivity index (χ3n) is 4.06. The van der Waals surface area contributed by atoms with Crippen LogP contribution in [0.3, 0.4) is 0 Å². The molecule has 0 saturated heterocycles. The fourth-order valence-electron chi connectivity index (χ4n) is 2.62. The van der Waals surface area contributed by atoms with Crippen LogP contribution in [-0.4, -0.2) is 23.5 Å². The summed E-state index contributed by atoms with van der Waals surface area (Å²) in [4.78, 5) is 16.3. The van der Waals surface area contributed by atoms with Crippen LogP contribution >= 0.6 is 11.3 Å². The second kappa shape index (κ2) is 6.65. The van der Waals surface area contributed by atoms with Gasteiger partial charge in [-0.2, -0.15) is 0 Å². The number of amides is 1. The predicted octanol–water partition coefficient (Wildman–Crippen LogP) is 2.13. The first kappa shape index (κ1) is 15.4. The van der Waals surface area contributed by atoms with Gasteiger partial charge in [0.25, 0.3) is 0 Å². The van der Waals surface area contributed by atoms with Crippen molar-refractivity contribution in [3.8, 4) is 0 Å². The van der Waals surface area contributed by atoms with Crippen LogP contribution in [0.2, 0.25) is 0 Å². The molecule has 1 aromatic rings. The third-order valence-corrected chi connectivity index (χ3v) is 5.11. The van der Waals surface area contributed by atoms with Crippen molar-refractivity contribution in [3.63, 3.8) is 0 Å². The Kier molecular flexibility index (Phi) is 5.12. The van der Waals surface area contributed by atoms with Gasteiger partial charge in [0.1, 0.15) is 11.1 Å². The second-order valence-corrected chi connectivity index (χ2v) is 6.31. The fraction of sp³-hybridized carbons (Fsp3) is 0.714. The minimum absolute atomic E-state index is 0.00790. The zero-order valence-corrected chi connectivity index (χ0v) is 13.0. The summed E-state index contributed by atoms with van der Waals surface area (Å²) < 4.78 is 5.26. The van der Waals surface area contributed by atoms with Gasteiger partial charge in [-0.3, -0.25) is 10.1 Å². The SMILES string of the molecule is CO[C@H](C)c1nc(CNC2(C(N)=O)CCCCC2)cs1. The number of hydrogen-bond donors (Lipinski definition) is 2. The maximum atomic E-state index is 11.8. The number of primary amides is 1. The van der Waals surface area contributed by atoms with Crippen LogP contribution in [0.15, 0.2) is 5.38 Å². The molecule has 0 bridgehead atoms. The monoisotopic (exact) mass is 297 g/mol. The van der Waals surface area contributed by atoms with E-state index in [1.807, 2.05) is 12.3 Å². The van der Waals surface area contributed by atoms with Crippen molar-refractivity contribution < 1.29 is 9.53 Å². The highest BCUT2D eigenvalue weighted by Crippen LogP contribution is 2.28. The van der Waals surface area contributed by atoms with Crippen LogP contribution in [0, 0.1) is 0 Å². The molecule has 5 nitrogen and oxygen atoms in total. The Bertz CT molecular complexity index is 455. The van der Waals surface area contributed by atoms with Crippen LogP contribution in [0.1, 0.15) is 55.8 Å². The molecule has 1 fully saturated rings. The fourth-order valence-corrected chi connectivity index (χ4v) is 3.47. The molecule has 1 aliphatic rings. The van der Waals surface area contributed by atoms with Gasteiger partial charge in [0.05, 0.1) is 11.2 Å². The van der Waals surface area contributed by atoms with Gasteiger partial charge in [0.15, 0.2) is 0 Å². The lowest BCUT2D eigenvalue weighted by Crippen LogP contribution is -2.56. The van der Waals surface area contributed by atoms with E-state index in [0.29, 0.717) is 6.54 Å². The summed E-state index contributed by atoms with van der Waals surface area (Å²) in [6, 6.07) is 0. The van der Waals surface area contributed by atoms with E-state index < -0.39 is 5.54 Å². The average Bonchev–Trinajstić information content (AvgIpc) is 2.94. The Morgan fingerprint density at radius 2 is 2.25 bits per heavy atom. The first-order chi connectivity index (χ1) is 9.57. The van der Waals surface area contributed by atoms with Crippen molar-refractivity contribution in [2.45, 2.75) is 57.2 Å². The Hall–Kier alpha value is -0.980. The zero-order valence-electron chi connectivity index (χ0n) is 12.1. The zero-order chi connectivity index (χ0) is 14.6. The molecule has 6 heteroatoms. The van der Waals surface area contributed by atoms with E-state index in [9.17, 15) is 4.79 Å². The van der Waals surface area contributed by atoms with E-state index in [1.165, 1.54) is 6.42 Å². The van der Waals surface area contributed by atoms with Crippen LogP contribution in [0.4, 0.5) is 0 Å². The van der Waals surface area contributed by atoms with E-state index in [-0.39, 0.29) is 12.0 Å². The molecule has 3 N–H and O–H groups in total. The number of hydrogen-bond acceptors (Lipinski definition) is 5. The molecule has 1 amide bonds. The average molecular weight is 297 g/mol. The van der Waals surface area contributed by atoms with Crippen molar-refractivity contribution in [1.29, 1.82) is 0 Å². The van der Waals surface area contributed by atoms with Crippen molar-refractivity contribution in [2.75, 3.05) is 7.11 Å². The number of carbonyl (C=O) groups excluding carboxylic acids is 1. The molecule has 1 heterocycles. The van der Waals surface area contributed by atoms with Gasteiger partial charge < -0.3 is 10.5 Å². The molecule has 0 aromatic carbocycles. The standard InChI is InChI=1S/C14H23N3O2S/c1-10(19-2)12-17-11(9-20-12)8-16-14(13(15)18)6-4-3-5-7-14/h9-10,16H,3-8H2,1-2H3,(H2,15,18)/t10-/m1/s1. The van der Waals surface area contributed by atoms with Gasteiger partial charge in [0.2, 0.25) is 5.91 Å². The Morgan fingerprint density at radius 3 is 2.85 bits per heavy atom. The van der Waals surface area contributed by atoms with Gasteiger partial charge in [-0.1, -0.05) is 19.3 Å². The second-order valence-electron chi connectivity index (χ2n) is 5.42. The molecular weight excluding hydrogens is 274 g/mol. The lowest BCUT2D eigenvalue weighted by Gasteiger charge is -2.35. The van der Waals surface area contributed by atoms with Crippen LogP contribution in [-0.2, 0) is 16.1 Å². The van der Waals surface area contributed by atoms with E-state index in [4.69, 9.17) is 10.5 Å². The minimum atomic E-state index is -0.547. The molecule has 1 aliphatic carbocycles. The summed E-state index contributed by atoms with van der Waals surface area (Å²) in [5.41, 5.74) is 6.00. The highest BCUT2D eigenvalue weighted by molar-refractivity contribution is 7.09. The van der Waals surface area contributed by atoms with Gasteiger partial charge in [-0.05, 0) is 19.8 Å². The Balaban J connectivity index is 1.99. The molecule has 0 aliphatic heterocycles. The van der Waals surface area contributed by atoms with Crippen molar-refractivity contribution in [3.05, 3.63) is 16.1 Å². The number of ether oxygens (including phenoxy) is 1. The van der Waals surface area contributed by atoms with E-state index >= 15 is 0 Å². The van der Waals surface area contributed by atoms with Gasteiger partial charge >= 0.3 is 0 Å². The van der Waals surface area contributed by atoms with Gasteiger partial charge in [-0.25, -0.2) is 4.98 Å². The summed E-state index contributed by atoms with van der Waals surface area (Å²) in [5, 5.41) is 6.32. The molecular formula is C14H23N3O2S. The number of rotatable bonds is 6. The lowest BCUT2D eigenvalue weighted by molar-refractivity contribution is -0.125. The number of nitrogens with zero attached hydrogens (tertiary/aromatic N) is 1. The molecule has 20 heavy (non-hydrogen) atoms. The van der Waals surface area contributed by atoms with E-state index in [2.05, 4.69) is 10.3 Å². The predicted molar refractivity (Wildman–Crippen MR) is 79.4 cm³/mol. The Morgan fingerprint density at radius 1 is 1.55 bits per heavy atom. The van der Waals surface area contributed by atoms with Gasteiger partial charge in [-0.15, -0.1) is 11.3 Å². The number of carbonyl (C=O) groups is 1. The van der Waals surface area contributed by atoms with Crippen molar-refractivity contribution in [1.82, 2.24) is 10.3 Å². The maximum absolute atomic E-state index is 11.8. The van der Waals surface area contributed by atoms with Crippen LogP contribution in [0.5, 0.6) is 0 Å². The van der Waals surface area contributed by atoms with Crippen LogP contribution in [0.25, 0.3) is 0 Å². The molecule has 1 saturated carbocycles. The number of thiazole rings is 1. The first-order valence-electron chi connectivity index (χ1n) is 7.09. The van der Waals surface area contributed by atoms with E-state index in [1.54, 1.807) is 18.4 Å². The smallest absolute Gasteiger partial charge is 0.237 e. The highest BCUT2D eigenvalue weighted by Gasteiger charge is 2.37. The molecule has 0 spiro atoms. The molecule has 2 rings (SSSR count). The van der Waals surface area contributed by atoms with Gasteiger partial charge in [0, 0.05) is 19.0 Å².